The number of hydrogen-bond acceptors (Lipinski definition) is 8. The van der Waals surface area contributed by atoms with Gasteiger partial charge in [-0.2, -0.15) is 0 Å². The van der Waals surface area contributed by atoms with Crippen LogP contribution in [0.5, 0.6) is 11.5 Å². The molecule has 1 aromatic heterocycles. The molecule has 0 aliphatic carbocycles. The van der Waals surface area contributed by atoms with Crippen LogP contribution in [-0.2, 0) is 6.54 Å². The first kappa shape index (κ1) is 23.2. The summed E-state index contributed by atoms with van der Waals surface area (Å²) in [5.41, 5.74) is 1.23. The Balaban J connectivity index is 1.48. The zero-order valence-electron chi connectivity index (χ0n) is 19.1. The number of aryl methyl sites for hydroxylation is 1. The maximum Gasteiger partial charge on any atom is 0.161 e. The highest BCUT2D eigenvalue weighted by molar-refractivity contribution is 5.43. The summed E-state index contributed by atoms with van der Waals surface area (Å²) in [6, 6.07) is 7.93. The average Bonchev–Trinajstić information content (AvgIpc) is 3.14. The number of rotatable bonds is 11. The van der Waals surface area contributed by atoms with Gasteiger partial charge in [0.15, 0.2) is 11.5 Å². The van der Waals surface area contributed by atoms with Gasteiger partial charge in [0.05, 0.1) is 19.3 Å². The number of nitrogens with zero attached hydrogens (tertiary/aromatic N) is 4. The zero-order valence-corrected chi connectivity index (χ0v) is 19.1. The number of methoxy groups -OCH3 is 1. The number of ether oxygens (including phenoxy) is 2. The Labute approximate surface area is 185 Å². The first-order valence-corrected chi connectivity index (χ1v) is 10.8. The van der Waals surface area contributed by atoms with Gasteiger partial charge >= 0.3 is 0 Å². The molecule has 8 nitrogen and oxygen atoms in total. The van der Waals surface area contributed by atoms with Gasteiger partial charge in [0.1, 0.15) is 12.1 Å². The third kappa shape index (κ3) is 6.78. The van der Waals surface area contributed by atoms with Crippen LogP contribution in [0.15, 0.2) is 30.6 Å². The molecule has 1 aliphatic heterocycles. The molecule has 1 saturated heterocycles. The number of aromatic nitrogens is 2. The Hall–Kier alpha value is -2.42. The minimum absolute atomic E-state index is 0.513. The van der Waals surface area contributed by atoms with E-state index in [-0.39, 0.29) is 0 Å². The van der Waals surface area contributed by atoms with E-state index in [4.69, 9.17) is 9.47 Å². The van der Waals surface area contributed by atoms with E-state index in [1.54, 1.807) is 13.4 Å². The minimum atomic E-state index is -0.779. The van der Waals surface area contributed by atoms with Crippen LogP contribution in [0.1, 0.15) is 24.1 Å². The molecule has 1 fully saturated rings. The average molecular weight is 430 g/mol. The molecule has 31 heavy (non-hydrogen) atoms. The summed E-state index contributed by atoms with van der Waals surface area (Å²) in [5.74, 6) is 2.36. The highest BCUT2D eigenvalue weighted by atomic mass is 16.5. The molecule has 1 atom stereocenters. The van der Waals surface area contributed by atoms with E-state index in [0.29, 0.717) is 32.7 Å². The van der Waals surface area contributed by atoms with E-state index >= 15 is 0 Å². The van der Waals surface area contributed by atoms with Crippen molar-refractivity contribution < 1.29 is 14.6 Å². The zero-order chi connectivity index (χ0) is 22.3. The highest BCUT2D eigenvalue weighted by Gasteiger charge is 2.36. The van der Waals surface area contributed by atoms with Crippen LogP contribution >= 0.6 is 0 Å². The monoisotopic (exact) mass is 429 g/mol. The van der Waals surface area contributed by atoms with Gasteiger partial charge in [-0.15, -0.1) is 0 Å². The SMILES string of the molecule is COc1cc(CNCC2(O)CCN(c3cc(C)ncn3)C2)ccc1OCCCN(C)C. The Morgan fingerprint density at radius 3 is 2.81 bits per heavy atom. The Kier molecular flexibility index (Phi) is 8.06. The largest absolute Gasteiger partial charge is 0.493 e. The predicted octanol–water partition coefficient (Wildman–Crippen LogP) is 1.86. The van der Waals surface area contributed by atoms with E-state index < -0.39 is 5.60 Å². The van der Waals surface area contributed by atoms with Crippen LogP contribution in [0.4, 0.5) is 5.82 Å². The highest BCUT2D eigenvalue weighted by Crippen LogP contribution is 2.29. The van der Waals surface area contributed by atoms with Crippen molar-refractivity contribution in [2.24, 2.45) is 0 Å². The molecule has 0 radical (unpaired) electrons. The van der Waals surface area contributed by atoms with Gasteiger partial charge in [-0.25, -0.2) is 9.97 Å². The van der Waals surface area contributed by atoms with E-state index in [2.05, 4.69) is 39.2 Å². The van der Waals surface area contributed by atoms with Crippen molar-refractivity contribution in [1.82, 2.24) is 20.2 Å². The van der Waals surface area contributed by atoms with Crippen molar-refractivity contribution in [2.45, 2.75) is 31.9 Å². The summed E-state index contributed by atoms with van der Waals surface area (Å²) < 4.78 is 11.4. The lowest BCUT2D eigenvalue weighted by atomic mass is 10.0. The minimum Gasteiger partial charge on any atom is -0.493 e. The number of benzene rings is 1. The van der Waals surface area contributed by atoms with E-state index in [1.165, 1.54) is 0 Å². The summed E-state index contributed by atoms with van der Waals surface area (Å²) in [7, 11) is 5.77. The van der Waals surface area contributed by atoms with Crippen molar-refractivity contribution in [1.29, 1.82) is 0 Å². The van der Waals surface area contributed by atoms with Crippen LogP contribution in [0.25, 0.3) is 0 Å². The number of β-amino-alcohol motifs (C(OH)–C–C–N with tert-alkyl or cyclic N) is 1. The number of hydrogen-bond donors (Lipinski definition) is 2. The molecule has 3 rings (SSSR count). The normalized spacial score (nSPS) is 18.6. The van der Waals surface area contributed by atoms with Gasteiger partial charge in [0.2, 0.25) is 0 Å². The summed E-state index contributed by atoms with van der Waals surface area (Å²) in [6.07, 6.45) is 3.24. The van der Waals surface area contributed by atoms with Crippen molar-refractivity contribution in [2.75, 3.05) is 58.9 Å². The van der Waals surface area contributed by atoms with Gasteiger partial charge in [0.25, 0.3) is 0 Å². The third-order valence-corrected chi connectivity index (χ3v) is 5.46. The van der Waals surface area contributed by atoms with Crippen molar-refractivity contribution in [3.63, 3.8) is 0 Å². The molecule has 0 amide bonds. The molecule has 1 aromatic carbocycles. The van der Waals surface area contributed by atoms with Gasteiger partial charge in [-0.1, -0.05) is 6.07 Å². The first-order valence-electron chi connectivity index (χ1n) is 10.8. The van der Waals surface area contributed by atoms with Gasteiger partial charge in [0, 0.05) is 44.5 Å². The number of aliphatic hydroxyl groups is 1. The smallest absolute Gasteiger partial charge is 0.161 e. The second-order valence-corrected chi connectivity index (χ2v) is 8.51. The lowest BCUT2D eigenvalue weighted by molar-refractivity contribution is 0.0626. The molecule has 1 unspecified atom stereocenters. The Morgan fingerprint density at radius 2 is 2.06 bits per heavy atom. The number of anilines is 1. The van der Waals surface area contributed by atoms with Crippen molar-refractivity contribution in [3.8, 4) is 11.5 Å². The molecule has 2 N–H and O–H groups in total. The maximum atomic E-state index is 11.0. The van der Waals surface area contributed by atoms with Gasteiger partial charge in [-0.05, 0) is 51.6 Å². The maximum absolute atomic E-state index is 11.0. The predicted molar refractivity (Wildman–Crippen MR) is 122 cm³/mol. The molecule has 2 heterocycles. The summed E-state index contributed by atoms with van der Waals surface area (Å²) in [5, 5.41) is 14.4. The molecular weight excluding hydrogens is 394 g/mol. The molecular formula is C23H35N5O3. The number of nitrogens with one attached hydrogen (secondary N) is 1. The topological polar surface area (TPSA) is 83.0 Å². The molecule has 1 aliphatic rings. The Morgan fingerprint density at radius 1 is 1.23 bits per heavy atom. The second-order valence-electron chi connectivity index (χ2n) is 8.51. The van der Waals surface area contributed by atoms with Crippen LogP contribution in [0, 0.1) is 6.92 Å². The molecule has 170 valence electrons. The fourth-order valence-corrected chi connectivity index (χ4v) is 3.75. The van der Waals surface area contributed by atoms with Crippen molar-refractivity contribution in [3.05, 3.63) is 41.9 Å². The third-order valence-electron chi connectivity index (χ3n) is 5.46. The van der Waals surface area contributed by atoms with Crippen LogP contribution in [0.3, 0.4) is 0 Å². The Bertz CT molecular complexity index is 848. The molecule has 8 heteroatoms. The fourth-order valence-electron chi connectivity index (χ4n) is 3.75. The second kappa shape index (κ2) is 10.7. The van der Waals surface area contributed by atoms with E-state index in [1.807, 2.05) is 31.2 Å². The van der Waals surface area contributed by atoms with Crippen LogP contribution in [-0.4, -0.2) is 79.6 Å². The molecule has 0 saturated carbocycles. The quantitative estimate of drug-likeness (QED) is 0.524. The van der Waals surface area contributed by atoms with Crippen LogP contribution < -0.4 is 19.7 Å². The lowest BCUT2D eigenvalue weighted by Gasteiger charge is -2.24. The summed E-state index contributed by atoms with van der Waals surface area (Å²) >= 11 is 0. The van der Waals surface area contributed by atoms with Crippen LogP contribution in [0.2, 0.25) is 0 Å². The van der Waals surface area contributed by atoms with E-state index in [0.717, 1.165) is 48.1 Å². The summed E-state index contributed by atoms with van der Waals surface area (Å²) in [4.78, 5) is 12.7. The first-order chi connectivity index (χ1) is 14.9. The molecule has 0 bridgehead atoms. The van der Waals surface area contributed by atoms with Gasteiger partial charge < -0.3 is 29.7 Å². The van der Waals surface area contributed by atoms with Crippen molar-refractivity contribution >= 4 is 5.82 Å². The van der Waals surface area contributed by atoms with Gasteiger partial charge in [-0.3, -0.25) is 0 Å². The fraction of sp³-hybridized carbons (Fsp3) is 0.565. The lowest BCUT2D eigenvalue weighted by Crippen LogP contribution is -2.43. The molecule has 0 spiro atoms. The molecule has 2 aromatic rings. The summed E-state index contributed by atoms with van der Waals surface area (Å²) in [6.45, 7) is 6.08. The van der Waals surface area contributed by atoms with E-state index in [9.17, 15) is 5.11 Å². The standard InChI is InChI=1S/C23H35N5O3/c1-18-12-22(26-17-25-18)28-10-8-23(29,16-28)15-24-14-19-6-7-20(21(13-19)30-4)31-11-5-9-27(2)3/h6-7,12-13,17,24,29H,5,8-11,14-16H2,1-4H3.